The highest BCUT2D eigenvalue weighted by Gasteiger charge is 2.06. The molecule has 1 aromatic carbocycles. The van der Waals surface area contributed by atoms with Gasteiger partial charge in [-0.05, 0) is 35.1 Å². The monoisotopic (exact) mass is 279 g/mol. The van der Waals surface area contributed by atoms with Crippen molar-refractivity contribution in [2.45, 2.75) is 6.92 Å². The van der Waals surface area contributed by atoms with Gasteiger partial charge in [-0.2, -0.15) is 0 Å². The molecule has 0 aliphatic heterocycles. The first kappa shape index (κ1) is 9.44. The Morgan fingerprint density at radius 3 is 2.83 bits per heavy atom. The summed E-state index contributed by atoms with van der Waals surface area (Å²) in [6.45, 7) is 1.82. The molecule has 4 heteroatoms. The fourth-order valence-electron chi connectivity index (χ4n) is 0.823. The number of hydrogen-bond donors (Lipinski definition) is 1. The van der Waals surface area contributed by atoms with Crippen LogP contribution < -0.4 is 0 Å². The zero-order valence-electron chi connectivity index (χ0n) is 6.38. The Bertz CT molecular complexity index is 325. The number of nitrogens with zero attached hydrogens (tertiary/aromatic N) is 1. The first-order chi connectivity index (χ1) is 5.66. The molecular formula is C8H7FINO. The Kier molecular flexibility index (Phi) is 3.02. The topological polar surface area (TPSA) is 32.6 Å². The predicted octanol–water partition coefficient (Wildman–Crippen LogP) is 2.55. The van der Waals surface area contributed by atoms with Crippen molar-refractivity contribution >= 4 is 28.8 Å². The van der Waals surface area contributed by atoms with Gasteiger partial charge in [0.15, 0.2) is 0 Å². The van der Waals surface area contributed by atoms with Gasteiger partial charge in [0.1, 0.15) is 5.82 Å². The van der Waals surface area contributed by atoms with Crippen molar-refractivity contribution < 1.29 is 9.60 Å². The van der Waals surface area contributed by atoms with E-state index in [1.54, 1.807) is 12.1 Å². The quantitative estimate of drug-likeness (QED) is 0.364. The molecular weight excluding hydrogens is 272 g/mol. The molecule has 2 nitrogen and oxygen atoms in total. The summed E-state index contributed by atoms with van der Waals surface area (Å²) in [6.07, 6.45) is 1.08. The third-order valence-corrected chi connectivity index (χ3v) is 2.83. The van der Waals surface area contributed by atoms with Crippen LogP contribution in [-0.2, 0) is 0 Å². The minimum absolute atomic E-state index is 0.299. The number of rotatable bonds is 1. The molecule has 0 heterocycles. The summed E-state index contributed by atoms with van der Waals surface area (Å²) in [4.78, 5) is 0. The fraction of sp³-hybridized carbons (Fsp3) is 0.125. The molecule has 1 rings (SSSR count). The van der Waals surface area contributed by atoms with E-state index in [1.807, 2.05) is 29.5 Å². The van der Waals surface area contributed by atoms with Crippen molar-refractivity contribution in [3.63, 3.8) is 0 Å². The molecule has 1 aromatic rings. The van der Waals surface area contributed by atoms with E-state index in [1.165, 1.54) is 0 Å². The molecule has 0 atom stereocenters. The summed E-state index contributed by atoms with van der Waals surface area (Å²) in [5, 5.41) is 11.0. The highest BCUT2D eigenvalue weighted by molar-refractivity contribution is 14.1. The summed E-state index contributed by atoms with van der Waals surface area (Å²) in [5.74, 6) is -0.339. The minimum atomic E-state index is -0.339. The van der Waals surface area contributed by atoms with Gasteiger partial charge in [-0.25, -0.2) is 4.39 Å². The second-order valence-electron chi connectivity index (χ2n) is 2.34. The molecule has 0 spiro atoms. The Labute approximate surface area is 83.2 Å². The van der Waals surface area contributed by atoms with Gasteiger partial charge in [-0.3, -0.25) is 0 Å². The number of halogens is 2. The van der Waals surface area contributed by atoms with Crippen molar-refractivity contribution in [2.24, 2.45) is 5.16 Å². The molecule has 0 amide bonds. The van der Waals surface area contributed by atoms with Gasteiger partial charge in [0.2, 0.25) is 0 Å². The van der Waals surface area contributed by atoms with Crippen LogP contribution in [0.4, 0.5) is 4.39 Å². The largest absolute Gasteiger partial charge is 0.411 e. The predicted molar refractivity (Wildman–Crippen MR) is 53.2 cm³/mol. The van der Waals surface area contributed by atoms with Gasteiger partial charge >= 0.3 is 0 Å². The van der Waals surface area contributed by atoms with E-state index >= 15 is 0 Å². The van der Waals surface area contributed by atoms with E-state index in [2.05, 4.69) is 5.16 Å². The summed E-state index contributed by atoms with van der Waals surface area (Å²) in [6, 6.07) is 3.36. The number of oxime groups is 1. The Balaban J connectivity index is 3.26. The number of benzene rings is 1. The first-order valence-corrected chi connectivity index (χ1v) is 4.36. The van der Waals surface area contributed by atoms with Crippen LogP contribution in [0.2, 0.25) is 0 Å². The molecule has 0 saturated carbocycles. The lowest BCUT2D eigenvalue weighted by molar-refractivity contribution is 0.321. The summed E-state index contributed by atoms with van der Waals surface area (Å²) in [7, 11) is 0. The standard InChI is InChI=1S/C8H7FINO/c1-5-2-3-6(4-11-12)7(9)8(5)10/h2-4,12H,1H3/b11-4+. The van der Waals surface area contributed by atoms with E-state index in [0.717, 1.165) is 11.8 Å². The van der Waals surface area contributed by atoms with Crippen LogP contribution in [-0.4, -0.2) is 11.4 Å². The van der Waals surface area contributed by atoms with Crippen LogP contribution in [0, 0.1) is 16.3 Å². The van der Waals surface area contributed by atoms with Gasteiger partial charge in [0, 0.05) is 5.56 Å². The highest BCUT2D eigenvalue weighted by atomic mass is 127. The highest BCUT2D eigenvalue weighted by Crippen LogP contribution is 2.17. The third-order valence-electron chi connectivity index (χ3n) is 1.50. The van der Waals surface area contributed by atoms with E-state index in [9.17, 15) is 4.39 Å². The van der Waals surface area contributed by atoms with Crippen molar-refractivity contribution in [3.8, 4) is 0 Å². The lowest BCUT2D eigenvalue weighted by atomic mass is 10.1. The van der Waals surface area contributed by atoms with Crippen molar-refractivity contribution in [1.29, 1.82) is 0 Å². The van der Waals surface area contributed by atoms with Crippen LogP contribution in [0.3, 0.4) is 0 Å². The molecule has 0 saturated heterocycles. The number of hydrogen-bond acceptors (Lipinski definition) is 2. The van der Waals surface area contributed by atoms with Gasteiger partial charge in [0.05, 0.1) is 9.78 Å². The van der Waals surface area contributed by atoms with E-state index in [0.29, 0.717) is 9.13 Å². The van der Waals surface area contributed by atoms with Gasteiger partial charge in [-0.15, -0.1) is 0 Å². The van der Waals surface area contributed by atoms with E-state index in [-0.39, 0.29) is 5.82 Å². The van der Waals surface area contributed by atoms with E-state index < -0.39 is 0 Å². The lowest BCUT2D eigenvalue weighted by Gasteiger charge is -2.01. The Morgan fingerprint density at radius 2 is 2.25 bits per heavy atom. The zero-order valence-corrected chi connectivity index (χ0v) is 8.54. The zero-order chi connectivity index (χ0) is 9.14. The fourth-order valence-corrected chi connectivity index (χ4v) is 1.31. The third kappa shape index (κ3) is 1.74. The van der Waals surface area contributed by atoms with Crippen LogP contribution >= 0.6 is 22.6 Å². The second-order valence-corrected chi connectivity index (χ2v) is 3.42. The van der Waals surface area contributed by atoms with Gasteiger partial charge in [-0.1, -0.05) is 17.3 Å². The maximum absolute atomic E-state index is 13.2. The van der Waals surface area contributed by atoms with Crippen LogP contribution in [0.15, 0.2) is 17.3 Å². The molecule has 0 aliphatic rings. The maximum Gasteiger partial charge on any atom is 0.145 e. The Morgan fingerprint density at radius 1 is 1.58 bits per heavy atom. The summed E-state index contributed by atoms with van der Waals surface area (Å²) in [5.41, 5.74) is 1.18. The average molecular weight is 279 g/mol. The normalized spacial score (nSPS) is 10.9. The summed E-state index contributed by atoms with van der Waals surface area (Å²) >= 11 is 1.92. The van der Waals surface area contributed by atoms with Crippen LogP contribution in [0.5, 0.6) is 0 Å². The molecule has 0 aliphatic carbocycles. The van der Waals surface area contributed by atoms with Crippen molar-refractivity contribution in [1.82, 2.24) is 0 Å². The maximum atomic E-state index is 13.2. The SMILES string of the molecule is Cc1ccc(/C=N/O)c(F)c1I. The molecule has 12 heavy (non-hydrogen) atoms. The molecule has 64 valence electrons. The minimum Gasteiger partial charge on any atom is -0.411 e. The smallest absolute Gasteiger partial charge is 0.145 e. The van der Waals surface area contributed by atoms with E-state index in [4.69, 9.17) is 5.21 Å². The van der Waals surface area contributed by atoms with Gasteiger partial charge in [0.25, 0.3) is 0 Å². The van der Waals surface area contributed by atoms with Crippen LogP contribution in [0.25, 0.3) is 0 Å². The summed E-state index contributed by atoms with van der Waals surface area (Å²) < 4.78 is 13.8. The number of aryl methyl sites for hydroxylation is 1. The van der Waals surface area contributed by atoms with Gasteiger partial charge < -0.3 is 5.21 Å². The van der Waals surface area contributed by atoms with Crippen LogP contribution in [0.1, 0.15) is 11.1 Å². The molecule has 0 bridgehead atoms. The lowest BCUT2D eigenvalue weighted by Crippen LogP contribution is -1.94. The molecule has 0 unspecified atom stereocenters. The molecule has 1 N–H and O–H groups in total. The van der Waals surface area contributed by atoms with Crippen molar-refractivity contribution in [3.05, 3.63) is 32.6 Å². The first-order valence-electron chi connectivity index (χ1n) is 3.29. The van der Waals surface area contributed by atoms with Crippen molar-refractivity contribution in [2.75, 3.05) is 0 Å². The molecule has 0 fully saturated rings. The molecule has 0 radical (unpaired) electrons. The molecule has 0 aromatic heterocycles. The second kappa shape index (κ2) is 3.84. The Hall–Kier alpha value is -0.650. The average Bonchev–Trinajstić information content (AvgIpc) is 2.07.